The van der Waals surface area contributed by atoms with Gasteiger partial charge < -0.3 is 15.8 Å². The van der Waals surface area contributed by atoms with Crippen LogP contribution in [0.4, 0.5) is 0 Å². The van der Waals surface area contributed by atoms with Gasteiger partial charge in [-0.05, 0) is 35.7 Å². The second-order valence-corrected chi connectivity index (χ2v) is 5.29. The predicted molar refractivity (Wildman–Crippen MR) is 72.5 cm³/mol. The Balaban J connectivity index is 3.22. The molecule has 1 atom stereocenters. The molecule has 0 saturated carbocycles. The fourth-order valence-electron chi connectivity index (χ4n) is 1.95. The van der Waals surface area contributed by atoms with Gasteiger partial charge in [0.2, 0.25) is 0 Å². The van der Waals surface area contributed by atoms with Crippen LogP contribution >= 0.6 is 0 Å². The van der Waals surface area contributed by atoms with Gasteiger partial charge in [0.15, 0.2) is 0 Å². The lowest BCUT2D eigenvalue weighted by molar-refractivity contribution is 0.397. The molecular weight excluding hydrogens is 212 g/mol. The summed E-state index contributed by atoms with van der Waals surface area (Å²) in [7, 11) is 3.64. The highest BCUT2D eigenvalue weighted by Gasteiger charge is 2.20. The van der Waals surface area contributed by atoms with Crippen molar-refractivity contribution in [1.29, 1.82) is 0 Å². The molecule has 0 aliphatic rings. The Morgan fingerprint density at radius 1 is 1.35 bits per heavy atom. The zero-order valence-electron chi connectivity index (χ0n) is 11.5. The molecule has 17 heavy (non-hydrogen) atoms. The highest BCUT2D eigenvalue weighted by molar-refractivity contribution is 5.42. The number of nitrogens with two attached hydrogens (primary N) is 1. The largest absolute Gasteiger partial charge is 0.496 e. The van der Waals surface area contributed by atoms with E-state index in [0.717, 1.165) is 5.75 Å². The molecule has 0 aliphatic carbocycles. The SMILES string of the molecule is CNC(CN)c1ccc(OC)c(C(C)(C)C)c1. The lowest BCUT2D eigenvalue weighted by atomic mass is 9.84. The molecule has 1 aromatic rings. The number of benzene rings is 1. The summed E-state index contributed by atoms with van der Waals surface area (Å²) < 4.78 is 5.42. The van der Waals surface area contributed by atoms with Gasteiger partial charge >= 0.3 is 0 Å². The summed E-state index contributed by atoms with van der Waals surface area (Å²) in [5.74, 6) is 0.938. The monoisotopic (exact) mass is 236 g/mol. The molecule has 0 saturated heterocycles. The van der Waals surface area contributed by atoms with Crippen LogP contribution in [0.1, 0.15) is 37.9 Å². The quantitative estimate of drug-likeness (QED) is 0.842. The molecule has 3 heteroatoms. The second kappa shape index (κ2) is 5.52. The van der Waals surface area contributed by atoms with Gasteiger partial charge in [-0.3, -0.25) is 0 Å². The first-order valence-corrected chi connectivity index (χ1v) is 5.99. The normalized spacial score (nSPS) is 13.5. The molecule has 0 spiro atoms. The van der Waals surface area contributed by atoms with Gasteiger partial charge in [-0.25, -0.2) is 0 Å². The molecule has 1 unspecified atom stereocenters. The average Bonchev–Trinajstić information content (AvgIpc) is 2.29. The van der Waals surface area contributed by atoms with Crippen LogP contribution in [0.5, 0.6) is 5.75 Å². The maximum Gasteiger partial charge on any atom is 0.122 e. The second-order valence-electron chi connectivity index (χ2n) is 5.29. The molecule has 96 valence electrons. The van der Waals surface area contributed by atoms with Gasteiger partial charge in [0.1, 0.15) is 5.75 Å². The molecule has 0 amide bonds. The zero-order chi connectivity index (χ0) is 13.1. The van der Waals surface area contributed by atoms with E-state index in [1.165, 1.54) is 11.1 Å². The van der Waals surface area contributed by atoms with E-state index >= 15 is 0 Å². The third kappa shape index (κ3) is 3.20. The Kier molecular flexibility index (Phi) is 4.54. The molecule has 0 radical (unpaired) electrons. The van der Waals surface area contributed by atoms with Crippen molar-refractivity contribution < 1.29 is 4.74 Å². The highest BCUT2D eigenvalue weighted by atomic mass is 16.5. The third-order valence-electron chi connectivity index (χ3n) is 3.02. The summed E-state index contributed by atoms with van der Waals surface area (Å²) >= 11 is 0. The smallest absolute Gasteiger partial charge is 0.122 e. The summed E-state index contributed by atoms with van der Waals surface area (Å²) in [5, 5.41) is 3.22. The summed E-state index contributed by atoms with van der Waals surface area (Å²) in [6.45, 7) is 7.15. The Morgan fingerprint density at radius 2 is 2.00 bits per heavy atom. The van der Waals surface area contributed by atoms with Gasteiger partial charge in [-0.1, -0.05) is 26.8 Å². The Hall–Kier alpha value is -1.06. The minimum atomic E-state index is 0.0637. The first-order valence-electron chi connectivity index (χ1n) is 5.99. The lowest BCUT2D eigenvalue weighted by Crippen LogP contribution is -2.25. The maximum atomic E-state index is 5.75. The van der Waals surface area contributed by atoms with E-state index in [1.54, 1.807) is 7.11 Å². The van der Waals surface area contributed by atoms with Crippen molar-refractivity contribution in [3.05, 3.63) is 29.3 Å². The van der Waals surface area contributed by atoms with Gasteiger partial charge in [-0.15, -0.1) is 0 Å². The van der Waals surface area contributed by atoms with E-state index in [-0.39, 0.29) is 11.5 Å². The Bertz CT molecular complexity index is 365. The molecule has 0 aromatic heterocycles. The number of ether oxygens (including phenoxy) is 1. The summed E-state index contributed by atoms with van der Waals surface area (Å²) in [5.41, 5.74) is 8.24. The topological polar surface area (TPSA) is 47.3 Å². The number of methoxy groups -OCH3 is 1. The fraction of sp³-hybridized carbons (Fsp3) is 0.571. The number of hydrogen-bond donors (Lipinski definition) is 2. The minimum Gasteiger partial charge on any atom is -0.496 e. The summed E-state index contributed by atoms with van der Waals surface area (Å²) in [6.07, 6.45) is 0. The minimum absolute atomic E-state index is 0.0637. The van der Waals surface area contributed by atoms with Gasteiger partial charge in [0.25, 0.3) is 0 Å². The van der Waals surface area contributed by atoms with E-state index in [9.17, 15) is 0 Å². The van der Waals surface area contributed by atoms with Crippen molar-refractivity contribution in [2.75, 3.05) is 20.7 Å². The van der Waals surface area contributed by atoms with Crippen LogP contribution in [0, 0.1) is 0 Å². The standard InChI is InChI=1S/C14H24N2O/c1-14(2,3)11-8-10(12(9-15)16-4)6-7-13(11)17-5/h6-8,12,16H,9,15H2,1-5H3. The van der Waals surface area contributed by atoms with E-state index in [2.05, 4.69) is 38.2 Å². The summed E-state index contributed by atoms with van der Waals surface area (Å²) in [6, 6.07) is 6.48. The molecule has 0 fully saturated rings. The fourth-order valence-corrected chi connectivity index (χ4v) is 1.95. The predicted octanol–water partition coefficient (Wildman–Crippen LogP) is 2.21. The number of hydrogen-bond acceptors (Lipinski definition) is 3. The van der Waals surface area contributed by atoms with Crippen molar-refractivity contribution in [3.8, 4) is 5.75 Å². The maximum absolute atomic E-state index is 5.75. The molecule has 3 N–H and O–H groups in total. The van der Waals surface area contributed by atoms with Crippen LogP contribution in [-0.2, 0) is 5.41 Å². The van der Waals surface area contributed by atoms with Crippen molar-refractivity contribution in [2.45, 2.75) is 32.2 Å². The molecule has 3 nitrogen and oxygen atoms in total. The molecule has 1 rings (SSSR count). The van der Waals surface area contributed by atoms with Crippen molar-refractivity contribution in [3.63, 3.8) is 0 Å². The molecule has 0 bridgehead atoms. The third-order valence-corrected chi connectivity index (χ3v) is 3.02. The van der Waals surface area contributed by atoms with E-state index in [1.807, 2.05) is 13.1 Å². The van der Waals surface area contributed by atoms with Crippen LogP contribution in [0.25, 0.3) is 0 Å². The van der Waals surface area contributed by atoms with Crippen LogP contribution < -0.4 is 15.8 Å². The van der Waals surface area contributed by atoms with Gasteiger partial charge in [-0.2, -0.15) is 0 Å². The van der Waals surface area contributed by atoms with Gasteiger partial charge in [0.05, 0.1) is 7.11 Å². The molecule has 0 heterocycles. The zero-order valence-corrected chi connectivity index (χ0v) is 11.5. The van der Waals surface area contributed by atoms with Crippen LogP contribution in [0.2, 0.25) is 0 Å². The lowest BCUT2D eigenvalue weighted by Gasteiger charge is -2.24. The van der Waals surface area contributed by atoms with Crippen LogP contribution in [0.3, 0.4) is 0 Å². The first kappa shape index (κ1) is 14.0. The number of likely N-dealkylation sites (N-methyl/N-ethyl adjacent to an activating group) is 1. The first-order chi connectivity index (χ1) is 7.93. The van der Waals surface area contributed by atoms with E-state index < -0.39 is 0 Å². The van der Waals surface area contributed by atoms with Crippen molar-refractivity contribution in [1.82, 2.24) is 5.32 Å². The summed E-state index contributed by atoms with van der Waals surface area (Å²) in [4.78, 5) is 0. The van der Waals surface area contributed by atoms with E-state index in [4.69, 9.17) is 10.5 Å². The average molecular weight is 236 g/mol. The van der Waals surface area contributed by atoms with Crippen LogP contribution in [0.15, 0.2) is 18.2 Å². The molecular formula is C14H24N2O. The van der Waals surface area contributed by atoms with E-state index in [0.29, 0.717) is 6.54 Å². The molecule has 0 aliphatic heterocycles. The highest BCUT2D eigenvalue weighted by Crippen LogP contribution is 2.33. The number of nitrogens with one attached hydrogen (secondary N) is 1. The van der Waals surface area contributed by atoms with Crippen molar-refractivity contribution in [2.24, 2.45) is 5.73 Å². The molecule has 1 aromatic carbocycles. The van der Waals surface area contributed by atoms with Gasteiger partial charge in [0, 0.05) is 12.6 Å². The van der Waals surface area contributed by atoms with Crippen LogP contribution in [-0.4, -0.2) is 20.7 Å². The Morgan fingerprint density at radius 3 is 2.41 bits per heavy atom. The number of rotatable bonds is 4. The Labute approximate surface area is 104 Å². The van der Waals surface area contributed by atoms with Crippen molar-refractivity contribution >= 4 is 0 Å².